The van der Waals surface area contributed by atoms with Crippen LogP contribution in [0.15, 0.2) is 47.6 Å². The lowest BCUT2D eigenvalue weighted by atomic mass is 10.3. The molecule has 1 heterocycles. The van der Waals surface area contributed by atoms with E-state index in [0.717, 1.165) is 0 Å². The molecule has 6 nitrogen and oxygen atoms in total. The zero-order chi connectivity index (χ0) is 14.2. The molecule has 0 bridgehead atoms. The Hall–Kier alpha value is -2.89. The fourth-order valence-corrected chi connectivity index (χ4v) is 1.44. The Morgan fingerprint density at radius 2 is 2.00 bits per heavy atom. The predicted molar refractivity (Wildman–Crippen MR) is 74.7 cm³/mol. The van der Waals surface area contributed by atoms with Crippen LogP contribution < -0.4 is 14.8 Å². The number of pyridine rings is 1. The summed E-state index contributed by atoms with van der Waals surface area (Å²) in [5.74, 6) is 1.79. The standard InChI is InChI=1S/C14H13N3O3/c1-19-14-8-13(6-7-16-14)20-12-4-2-11(3-5-12)17-9-15-10-18/h2-10H,1H3,(H,15,17,18). The van der Waals surface area contributed by atoms with Crippen molar-refractivity contribution in [3.63, 3.8) is 0 Å². The zero-order valence-electron chi connectivity index (χ0n) is 10.8. The lowest BCUT2D eigenvalue weighted by Crippen LogP contribution is -2.05. The van der Waals surface area contributed by atoms with Gasteiger partial charge in [0.25, 0.3) is 0 Å². The Balaban J connectivity index is 2.04. The molecule has 0 unspecified atom stereocenters. The number of nitrogens with zero attached hydrogens (tertiary/aromatic N) is 2. The SMILES string of the molecule is COc1cc(Oc2ccc(N=CNC=O)cc2)ccn1. The number of aromatic nitrogens is 1. The quantitative estimate of drug-likeness (QED) is 0.497. The van der Waals surface area contributed by atoms with Crippen LogP contribution in [0, 0.1) is 0 Å². The van der Waals surface area contributed by atoms with Gasteiger partial charge in [0.15, 0.2) is 0 Å². The van der Waals surface area contributed by atoms with E-state index in [0.29, 0.717) is 29.5 Å². The second-order valence-corrected chi connectivity index (χ2v) is 3.67. The van der Waals surface area contributed by atoms with Gasteiger partial charge in [0.2, 0.25) is 12.3 Å². The number of ether oxygens (including phenoxy) is 2. The molecule has 102 valence electrons. The van der Waals surface area contributed by atoms with Crippen molar-refractivity contribution in [1.82, 2.24) is 10.3 Å². The van der Waals surface area contributed by atoms with Gasteiger partial charge in [0, 0.05) is 12.3 Å². The second-order valence-electron chi connectivity index (χ2n) is 3.67. The lowest BCUT2D eigenvalue weighted by Gasteiger charge is -2.06. The third-order valence-corrected chi connectivity index (χ3v) is 2.34. The molecular weight excluding hydrogens is 258 g/mol. The minimum absolute atomic E-state index is 0.489. The van der Waals surface area contributed by atoms with Gasteiger partial charge in [-0.25, -0.2) is 9.98 Å². The molecule has 0 atom stereocenters. The average molecular weight is 271 g/mol. The third-order valence-electron chi connectivity index (χ3n) is 2.34. The Labute approximate surface area is 116 Å². The van der Waals surface area contributed by atoms with E-state index in [2.05, 4.69) is 15.3 Å². The molecule has 20 heavy (non-hydrogen) atoms. The topological polar surface area (TPSA) is 72.8 Å². The van der Waals surface area contributed by atoms with Crippen molar-refractivity contribution in [1.29, 1.82) is 0 Å². The van der Waals surface area contributed by atoms with Gasteiger partial charge in [-0.05, 0) is 30.3 Å². The summed E-state index contributed by atoms with van der Waals surface area (Å²) in [4.78, 5) is 18.1. The highest BCUT2D eigenvalue weighted by Gasteiger charge is 2.00. The minimum Gasteiger partial charge on any atom is -0.481 e. The first-order valence-corrected chi connectivity index (χ1v) is 5.82. The number of hydrogen-bond acceptors (Lipinski definition) is 5. The molecule has 0 spiro atoms. The summed E-state index contributed by atoms with van der Waals surface area (Å²) in [6.45, 7) is 0. The van der Waals surface area contributed by atoms with E-state index in [-0.39, 0.29) is 0 Å². The van der Waals surface area contributed by atoms with E-state index in [1.165, 1.54) is 6.34 Å². The maximum absolute atomic E-state index is 10.1. The molecule has 2 rings (SSSR count). The van der Waals surface area contributed by atoms with Crippen LogP contribution in [0.3, 0.4) is 0 Å². The molecular formula is C14H13N3O3. The van der Waals surface area contributed by atoms with Gasteiger partial charge in [-0.2, -0.15) is 0 Å². The van der Waals surface area contributed by atoms with Crippen molar-refractivity contribution in [3.8, 4) is 17.4 Å². The van der Waals surface area contributed by atoms with Gasteiger partial charge < -0.3 is 14.8 Å². The Morgan fingerprint density at radius 1 is 1.20 bits per heavy atom. The normalized spacial score (nSPS) is 10.2. The van der Waals surface area contributed by atoms with Gasteiger partial charge in [0.1, 0.15) is 11.5 Å². The Kier molecular flexibility index (Phi) is 4.66. The molecule has 1 aromatic heterocycles. The predicted octanol–water partition coefficient (Wildman–Crippen LogP) is 2.29. The number of nitrogens with one attached hydrogen (secondary N) is 1. The van der Waals surface area contributed by atoms with Gasteiger partial charge in [-0.3, -0.25) is 4.79 Å². The van der Waals surface area contributed by atoms with Gasteiger partial charge >= 0.3 is 0 Å². The number of methoxy groups -OCH3 is 1. The second kappa shape index (κ2) is 6.89. The highest BCUT2D eigenvalue weighted by Crippen LogP contribution is 2.25. The number of carbonyl (C=O) groups is 1. The van der Waals surface area contributed by atoms with Gasteiger partial charge in [-0.15, -0.1) is 0 Å². The first kappa shape index (κ1) is 13.5. The van der Waals surface area contributed by atoms with Crippen molar-refractivity contribution in [2.75, 3.05) is 7.11 Å². The molecule has 1 N–H and O–H groups in total. The number of benzene rings is 1. The molecule has 0 aliphatic carbocycles. The number of aliphatic imine (C=N–C) groups is 1. The van der Waals surface area contributed by atoms with Crippen LogP contribution in [0.25, 0.3) is 0 Å². The molecule has 0 saturated heterocycles. The molecule has 1 aromatic carbocycles. The van der Waals surface area contributed by atoms with Crippen LogP contribution in [0.2, 0.25) is 0 Å². The van der Waals surface area contributed by atoms with Crippen molar-refractivity contribution in [2.24, 2.45) is 4.99 Å². The van der Waals surface area contributed by atoms with Gasteiger partial charge in [-0.1, -0.05) is 0 Å². The van der Waals surface area contributed by atoms with E-state index in [4.69, 9.17) is 9.47 Å². The fourth-order valence-electron chi connectivity index (χ4n) is 1.44. The van der Waals surface area contributed by atoms with E-state index in [9.17, 15) is 4.79 Å². The monoisotopic (exact) mass is 271 g/mol. The molecule has 0 radical (unpaired) electrons. The van der Waals surface area contributed by atoms with Crippen LogP contribution in [0.1, 0.15) is 0 Å². The van der Waals surface area contributed by atoms with Crippen molar-refractivity contribution in [3.05, 3.63) is 42.6 Å². The first-order chi connectivity index (χ1) is 9.81. The highest BCUT2D eigenvalue weighted by molar-refractivity contribution is 5.73. The molecule has 0 aliphatic rings. The molecule has 0 aliphatic heterocycles. The summed E-state index contributed by atoms with van der Waals surface area (Å²) < 4.78 is 10.7. The fraction of sp³-hybridized carbons (Fsp3) is 0.0714. The van der Waals surface area contributed by atoms with E-state index >= 15 is 0 Å². The summed E-state index contributed by atoms with van der Waals surface area (Å²) in [5, 5.41) is 2.34. The lowest BCUT2D eigenvalue weighted by molar-refractivity contribution is -0.108. The number of amides is 1. The summed E-state index contributed by atoms with van der Waals surface area (Å²) in [6, 6.07) is 10.5. The zero-order valence-corrected chi connectivity index (χ0v) is 10.8. The minimum atomic E-state index is 0.489. The van der Waals surface area contributed by atoms with Crippen LogP contribution >= 0.6 is 0 Å². The van der Waals surface area contributed by atoms with Gasteiger partial charge in [0.05, 0.1) is 19.1 Å². The van der Waals surface area contributed by atoms with Crippen LogP contribution in [-0.4, -0.2) is 24.8 Å². The molecule has 0 fully saturated rings. The summed E-state index contributed by atoms with van der Waals surface area (Å²) in [5.41, 5.74) is 0.707. The smallest absolute Gasteiger partial charge is 0.216 e. The van der Waals surface area contributed by atoms with Crippen molar-refractivity contribution < 1.29 is 14.3 Å². The van der Waals surface area contributed by atoms with E-state index in [1.807, 2.05) is 0 Å². The number of rotatable bonds is 6. The molecule has 6 heteroatoms. The average Bonchev–Trinajstić information content (AvgIpc) is 2.49. The van der Waals surface area contributed by atoms with Crippen LogP contribution in [0.5, 0.6) is 17.4 Å². The van der Waals surface area contributed by atoms with Crippen molar-refractivity contribution in [2.45, 2.75) is 0 Å². The summed E-state index contributed by atoms with van der Waals surface area (Å²) >= 11 is 0. The molecule has 0 saturated carbocycles. The maximum atomic E-state index is 10.1. The third kappa shape index (κ3) is 3.81. The molecule has 2 aromatic rings. The van der Waals surface area contributed by atoms with E-state index in [1.54, 1.807) is 49.7 Å². The molecule has 1 amide bonds. The maximum Gasteiger partial charge on any atom is 0.216 e. The Bertz CT molecular complexity index is 597. The van der Waals surface area contributed by atoms with Crippen LogP contribution in [-0.2, 0) is 4.79 Å². The van der Waals surface area contributed by atoms with Crippen LogP contribution in [0.4, 0.5) is 5.69 Å². The first-order valence-electron chi connectivity index (χ1n) is 5.82. The number of hydrogen-bond donors (Lipinski definition) is 1. The highest BCUT2D eigenvalue weighted by atomic mass is 16.5. The van der Waals surface area contributed by atoms with E-state index < -0.39 is 0 Å². The summed E-state index contributed by atoms with van der Waals surface area (Å²) in [7, 11) is 1.55. The Morgan fingerprint density at radius 3 is 2.70 bits per heavy atom. The summed E-state index contributed by atoms with van der Waals surface area (Å²) in [6.07, 6.45) is 3.48. The number of carbonyl (C=O) groups excluding carboxylic acids is 1. The largest absolute Gasteiger partial charge is 0.481 e. The van der Waals surface area contributed by atoms with Crippen molar-refractivity contribution >= 4 is 18.4 Å².